The van der Waals surface area contributed by atoms with Crippen LogP contribution in [0, 0.1) is 0 Å². The van der Waals surface area contributed by atoms with Gasteiger partial charge in [-0.05, 0) is 32.2 Å². The Hall–Kier alpha value is -0.680. The number of aromatic nitrogens is 2. The molecule has 2 atom stereocenters. The average Bonchev–Trinajstić information content (AvgIpc) is 3.09. The minimum absolute atomic E-state index is 0.648. The van der Waals surface area contributed by atoms with Crippen molar-refractivity contribution in [3.8, 4) is 0 Å². The molecule has 0 aliphatic carbocycles. The summed E-state index contributed by atoms with van der Waals surface area (Å²) in [5.74, 6) is 0.995. The zero-order valence-corrected chi connectivity index (χ0v) is 11.2. The van der Waals surface area contributed by atoms with E-state index in [1.54, 1.807) is 11.5 Å². The Morgan fingerprint density at radius 3 is 3.06 bits per heavy atom. The highest BCUT2D eigenvalue weighted by Crippen LogP contribution is 2.31. The number of hydrogen-bond acceptors (Lipinski definition) is 5. The third kappa shape index (κ3) is 2.18. The first kappa shape index (κ1) is 11.4. The monoisotopic (exact) mass is 252 g/mol. The van der Waals surface area contributed by atoms with Crippen LogP contribution in [-0.2, 0) is 6.42 Å². The number of nitrogens with zero attached hydrogens (tertiary/aromatic N) is 3. The summed E-state index contributed by atoms with van der Waals surface area (Å²) < 4.78 is 4.41. The van der Waals surface area contributed by atoms with Gasteiger partial charge < -0.3 is 10.2 Å². The molecule has 3 heterocycles. The largest absolute Gasteiger partial charge is 0.342 e. The van der Waals surface area contributed by atoms with Crippen molar-refractivity contribution in [2.24, 2.45) is 0 Å². The minimum atomic E-state index is 0.648. The molecule has 2 unspecified atom stereocenters. The van der Waals surface area contributed by atoms with E-state index < -0.39 is 0 Å². The molecule has 0 bridgehead atoms. The highest BCUT2D eigenvalue weighted by Gasteiger charge is 2.34. The fourth-order valence-corrected chi connectivity index (χ4v) is 3.83. The Labute approximate surface area is 107 Å². The fraction of sp³-hybridized carbons (Fsp3) is 0.833. The van der Waals surface area contributed by atoms with E-state index >= 15 is 0 Å². The van der Waals surface area contributed by atoms with Crippen molar-refractivity contribution in [2.75, 3.05) is 18.0 Å². The van der Waals surface area contributed by atoms with Gasteiger partial charge in [-0.25, -0.2) is 4.98 Å². The molecule has 0 spiro atoms. The topological polar surface area (TPSA) is 41.1 Å². The van der Waals surface area contributed by atoms with Gasteiger partial charge in [-0.3, -0.25) is 0 Å². The maximum atomic E-state index is 4.64. The summed E-state index contributed by atoms with van der Waals surface area (Å²) in [6.07, 6.45) is 6.19. The van der Waals surface area contributed by atoms with Crippen LogP contribution in [0.1, 0.15) is 38.4 Å². The van der Waals surface area contributed by atoms with Crippen molar-refractivity contribution in [2.45, 2.75) is 51.1 Å². The van der Waals surface area contributed by atoms with Crippen molar-refractivity contribution < 1.29 is 0 Å². The molecule has 3 rings (SSSR count). The molecule has 17 heavy (non-hydrogen) atoms. The Kier molecular flexibility index (Phi) is 3.29. The van der Waals surface area contributed by atoms with Crippen LogP contribution < -0.4 is 10.2 Å². The SMILES string of the molecule is CCc1nsc(N2CCCC2C2CCCN2)n1. The summed E-state index contributed by atoms with van der Waals surface area (Å²) in [5.41, 5.74) is 0. The van der Waals surface area contributed by atoms with Gasteiger partial charge in [-0.1, -0.05) is 6.92 Å². The summed E-state index contributed by atoms with van der Waals surface area (Å²) in [6.45, 7) is 4.46. The lowest BCUT2D eigenvalue weighted by Gasteiger charge is -2.28. The Morgan fingerprint density at radius 2 is 2.35 bits per heavy atom. The molecule has 1 N–H and O–H groups in total. The van der Waals surface area contributed by atoms with Crippen LogP contribution >= 0.6 is 11.5 Å². The summed E-state index contributed by atoms with van der Waals surface area (Å²) in [5, 5.41) is 4.77. The van der Waals surface area contributed by atoms with Crippen molar-refractivity contribution in [1.29, 1.82) is 0 Å². The van der Waals surface area contributed by atoms with E-state index in [0.717, 1.165) is 23.9 Å². The van der Waals surface area contributed by atoms with Gasteiger partial charge in [0.15, 0.2) is 0 Å². The van der Waals surface area contributed by atoms with E-state index in [2.05, 4.69) is 26.5 Å². The minimum Gasteiger partial charge on any atom is -0.342 e. The molecule has 4 nitrogen and oxygen atoms in total. The molecule has 2 aliphatic heterocycles. The number of aryl methyl sites for hydroxylation is 1. The van der Waals surface area contributed by atoms with Gasteiger partial charge in [-0.15, -0.1) is 0 Å². The smallest absolute Gasteiger partial charge is 0.205 e. The van der Waals surface area contributed by atoms with Crippen LogP contribution in [0.15, 0.2) is 0 Å². The Bertz CT molecular complexity index is 372. The molecule has 0 amide bonds. The van der Waals surface area contributed by atoms with Crippen LogP contribution in [0.3, 0.4) is 0 Å². The van der Waals surface area contributed by atoms with Crippen LogP contribution in [0.2, 0.25) is 0 Å². The van der Waals surface area contributed by atoms with E-state index in [1.165, 1.54) is 32.2 Å². The molecule has 1 aromatic heterocycles. The molecular formula is C12H20N4S. The second-order valence-corrected chi connectivity index (χ2v) is 5.68. The van der Waals surface area contributed by atoms with Gasteiger partial charge in [0.1, 0.15) is 5.82 Å². The molecule has 2 fully saturated rings. The van der Waals surface area contributed by atoms with E-state index in [9.17, 15) is 0 Å². The average molecular weight is 252 g/mol. The third-order valence-corrected chi connectivity index (χ3v) is 4.67. The number of rotatable bonds is 3. The van der Waals surface area contributed by atoms with Gasteiger partial charge in [0.2, 0.25) is 5.13 Å². The highest BCUT2D eigenvalue weighted by atomic mass is 32.1. The van der Waals surface area contributed by atoms with Crippen LogP contribution in [0.25, 0.3) is 0 Å². The summed E-state index contributed by atoms with van der Waals surface area (Å²) in [7, 11) is 0. The molecule has 94 valence electrons. The number of nitrogens with one attached hydrogen (secondary N) is 1. The van der Waals surface area contributed by atoms with E-state index in [-0.39, 0.29) is 0 Å². The number of hydrogen-bond donors (Lipinski definition) is 1. The van der Waals surface area contributed by atoms with Crippen molar-refractivity contribution in [1.82, 2.24) is 14.7 Å². The van der Waals surface area contributed by atoms with Crippen molar-refractivity contribution in [3.05, 3.63) is 5.82 Å². The van der Waals surface area contributed by atoms with Crippen LogP contribution in [0.5, 0.6) is 0 Å². The van der Waals surface area contributed by atoms with E-state index in [4.69, 9.17) is 0 Å². The lowest BCUT2D eigenvalue weighted by molar-refractivity contribution is 0.482. The molecule has 0 radical (unpaired) electrons. The van der Waals surface area contributed by atoms with Crippen molar-refractivity contribution in [3.63, 3.8) is 0 Å². The Balaban J connectivity index is 1.76. The van der Waals surface area contributed by atoms with Gasteiger partial charge in [-0.2, -0.15) is 4.37 Å². The summed E-state index contributed by atoms with van der Waals surface area (Å²) >= 11 is 1.57. The standard InChI is InChI=1S/C12H20N4S/c1-2-11-14-12(17-15-11)16-8-4-6-10(16)9-5-3-7-13-9/h9-10,13H,2-8H2,1H3. The zero-order chi connectivity index (χ0) is 11.7. The predicted molar refractivity (Wildman–Crippen MR) is 70.7 cm³/mol. The molecule has 5 heteroatoms. The van der Waals surface area contributed by atoms with E-state index in [0.29, 0.717) is 12.1 Å². The van der Waals surface area contributed by atoms with Crippen molar-refractivity contribution >= 4 is 16.7 Å². The fourth-order valence-electron chi connectivity index (χ4n) is 2.99. The van der Waals surface area contributed by atoms with Gasteiger partial charge in [0, 0.05) is 36.6 Å². The first-order valence-corrected chi connectivity index (χ1v) is 7.48. The van der Waals surface area contributed by atoms with Gasteiger partial charge >= 0.3 is 0 Å². The molecular weight excluding hydrogens is 232 g/mol. The summed E-state index contributed by atoms with van der Waals surface area (Å²) in [6, 6.07) is 1.32. The predicted octanol–water partition coefficient (Wildman–Crippen LogP) is 1.82. The highest BCUT2D eigenvalue weighted by molar-refractivity contribution is 7.09. The lowest BCUT2D eigenvalue weighted by Crippen LogP contribution is -2.44. The molecule has 1 aromatic rings. The second-order valence-electron chi connectivity index (χ2n) is 4.95. The number of anilines is 1. The third-order valence-electron chi connectivity index (χ3n) is 3.88. The maximum absolute atomic E-state index is 4.64. The first-order valence-electron chi connectivity index (χ1n) is 6.71. The van der Waals surface area contributed by atoms with Gasteiger partial charge in [0.05, 0.1) is 0 Å². The zero-order valence-electron chi connectivity index (χ0n) is 10.4. The van der Waals surface area contributed by atoms with E-state index in [1.807, 2.05) is 0 Å². The molecule has 0 aromatic carbocycles. The second kappa shape index (κ2) is 4.90. The van der Waals surface area contributed by atoms with Crippen LogP contribution in [0.4, 0.5) is 5.13 Å². The normalized spacial score (nSPS) is 29.1. The molecule has 0 saturated carbocycles. The Morgan fingerprint density at radius 1 is 1.41 bits per heavy atom. The maximum Gasteiger partial charge on any atom is 0.205 e. The van der Waals surface area contributed by atoms with Gasteiger partial charge in [0.25, 0.3) is 0 Å². The lowest BCUT2D eigenvalue weighted by atomic mass is 10.0. The molecule has 2 aliphatic rings. The summed E-state index contributed by atoms with van der Waals surface area (Å²) in [4.78, 5) is 7.12. The first-order chi connectivity index (χ1) is 8.38. The van der Waals surface area contributed by atoms with Crippen LogP contribution in [-0.4, -0.2) is 34.5 Å². The molecule has 2 saturated heterocycles. The quantitative estimate of drug-likeness (QED) is 0.891.